The summed E-state index contributed by atoms with van der Waals surface area (Å²) in [5, 5.41) is 10.7. The molecule has 10 heteroatoms. The second-order valence-corrected chi connectivity index (χ2v) is 3.71. The molecule has 0 atom stereocenters. The molecule has 3 rings (SSSR count). The van der Waals surface area contributed by atoms with Crippen LogP contribution >= 0.6 is 0 Å². The molecule has 0 spiro atoms. The number of anilines is 2. The van der Waals surface area contributed by atoms with Crippen molar-refractivity contribution in [2.45, 2.75) is 6.54 Å². The Hall–Kier alpha value is -3.01. The summed E-state index contributed by atoms with van der Waals surface area (Å²) in [6.45, 7) is 0.395. The van der Waals surface area contributed by atoms with Crippen LogP contribution in [-0.2, 0) is 6.54 Å². The molecule has 0 saturated carbocycles. The molecule has 0 aromatic carbocycles. The molecule has 0 amide bonds. The van der Waals surface area contributed by atoms with Gasteiger partial charge in [-0.1, -0.05) is 5.16 Å². The Morgan fingerprint density at radius 3 is 2.80 bits per heavy atom. The smallest absolute Gasteiger partial charge is 0.257 e. The lowest BCUT2D eigenvalue weighted by Gasteiger charge is -2.07. The van der Waals surface area contributed by atoms with Crippen LogP contribution in [0.15, 0.2) is 35.2 Å². The summed E-state index contributed by atoms with van der Waals surface area (Å²) in [4.78, 5) is 12.4. The lowest BCUT2D eigenvalue weighted by Crippen LogP contribution is -2.16. The first kappa shape index (κ1) is 12.0. The lowest BCUT2D eigenvalue weighted by molar-refractivity contribution is 0.387. The van der Waals surface area contributed by atoms with E-state index in [0.717, 1.165) is 0 Å². The van der Waals surface area contributed by atoms with Gasteiger partial charge in [0, 0.05) is 18.5 Å². The number of hydrogen-bond acceptors (Lipinski definition) is 9. The van der Waals surface area contributed by atoms with Crippen LogP contribution in [0.5, 0.6) is 0 Å². The Morgan fingerprint density at radius 1 is 1.20 bits per heavy atom. The van der Waals surface area contributed by atoms with Crippen LogP contribution in [0.25, 0.3) is 5.95 Å². The monoisotopic (exact) mass is 273 g/mol. The van der Waals surface area contributed by atoms with Gasteiger partial charge in [0.2, 0.25) is 11.9 Å². The average molecular weight is 273 g/mol. The summed E-state index contributed by atoms with van der Waals surface area (Å²) in [6, 6.07) is 3.51. The maximum Gasteiger partial charge on any atom is 0.257 e. The van der Waals surface area contributed by atoms with Crippen molar-refractivity contribution in [2.75, 3.05) is 10.7 Å². The highest BCUT2D eigenvalue weighted by Crippen LogP contribution is 2.09. The minimum absolute atomic E-state index is 0.227. The van der Waals surface area contributed by atoms with E-state index in [1.54, 1.807) is 30.7 Å². The highest BCUT2D eigenvalue weighted by Gasteiger charge is 2.08. The van der Waals surface area contributed by atoms with Gasteiger partial charge < -0.3 is 9.84 Å². The fourth-order valence-electron chi connectivity index (χ4n) is 1.50. The molecule has 10 nitrogen and oxygen atoms in total. The number of nitrogen functional groups attached to an aromatic ring is 1. The molecule has 20 heavy (non-hydrogen) atoms. The van der Waals surface area contributed by atoms with E-state index in [4.69, 9.17) is 10.4 Å². The zero-order valence-electron chi connectivity index (χ0n) is 10.3. The third kappa shape index (κ3) is 2.54. The molecule has 0 fully saturated rings. The average Bonchev–Trinajstić information content (AvgIpc) is 3.17. The fraction of sp³-hybridized carbons (Fsp3) is 0.100. The van der Waals surface area contributed by atoms with Gasteiger partial charge in [-0.25, -0.2) is 10.5 Å². The molecule has 0 saturated heterocycles. The number of hydrogen-bond donors (Lipinski definition) is 3. The van der Waals surface area contributed by atoms with E-state index in [2.05, 4.69) is 35.9 Å². The van der Waals surface area contributed by atoms with Gasteiger partial charge in [-0.2, -0.15) is 20.1 Å². The molecule has 3 aromatic heterocycles. The van der Waals surface area contributed by atoms with Crippen molar-refractivity contribution in [3.8, 4) is 5.95 Å². The van der Waals surface area contributed by atoms with Crippen LogP contribution in [0.1, 0.15) is 5.76 Å². The number of nitrogens with two attached hydrogens (primary N) is 1. The topological polar surface area (TPSA) is 133 Å². The minimum Gasteiger partial charge on any atom is -0.360 e. The third-order valence-corrected chi connectivity index (χ3v) is 2.37. The highest BCUT2D eigenvalue weighted by atomic mass is 16.5. The van der Waals surface area contributed by atoms with Crippen molar-refractivity contribution in [3.05, 3.63) is 36.5 Å². The van der Waals surface area contributed by atoms with E-state index in [1.807, 2.05) is 0 Å². The quantitative estimate of drug-likeness (QED) is 0.432. The van der Waals surface area contributed by atoms with Crippen molar-refractivity contribution in [2.24, 2.45) is 5.84 Å². The molecular weight excluding hydrogens is 262 g/mol. The predicted octanol–water partition coefficient (Wildman–Crippen LogP) is -0.0570. The van der Waals surface area contributed by atoms with Gasteiger partial charge in [-0.15, -0.1) is 0 Å². The Balaban J connectivity index is 1.84. The summed E-state index contributed by atoms with van der Waals surface area (Å²) in [7, 11) is 0. The maximum atomic E-state index is 5.34. The van der Waals surface area contributed by atoms with Crippen molar-refractivity contribution < 1.29 is 4.52 Å². The first-order valence-electron chi connectivity index (χ1n) is 5.71. The molecule has 3 heterocycles. The predicted molar refractivity (Wildman–Crippen MR) is 68.6 cm³/mol. The largest absolute Gasteiger partial charge is 0.360 e. The molecule has 0 aliphatic heterocycles. The first-order chi connectivity index (χ1) is 9.85. The summed E-state index contributed by atoms with van der Waals surface area (Å²) in [6.07, 6.45) is 4.91. The molecule has 0 aliphatic rings. The molecule has 102 valence electrons. The van der Waals surface area contributed by atoms with Gasteiger partial charge in [-0.3, -0.25) is 5.43 Å². The van der Waals surface area contributed by atoms with Gasteiger partial charge in [0.05, 0.1) is 12.7 Å². The van der Waals surface area contributed by atoms with Crippen molar-refractivity contribution in [1.82, 2.24) is 29.9 Å². The van der Waals surface area contributed by atoms with Crippen LogP contribution in [0.2, 0.25) is 0 Å². The number of aromatic nitrogens is 6. The molecule has 4 N–H and O–H groups in total. The highest BCUT2D eigenvalue weighted by molar-refractivity contribution is 5.37. The zero-order valence-corrected chi connectivity index (χ0v) is 10.3. The van der Waals surface area contributed by atoms with E-state index >= 15 is 0 Å². The number of hydrazine groups is 1. The molecular formula is C10H11N9O. The van der Waals surface area contributed by atoms with Gasteiger partial charge in [-0.05, 0) is 6.07 Å². The first-order valence-corrected chi connectivity index (χ1v) is 5.71. The molecule has 0 unspecified atom stereocenters. The van der Waals surface area contributed by atoms with Crippen LogP contribution < -0.4 is 16.6 Å². The van der Waals surface area contributed by atoms with Gasteiger partial charge >= 0.3 is 0 Å². The SMILES string of the molecule is NNc1nc(NCc2ccno2)nc(-n2cccn2)n1. The number of nitrogens with one attached hydrogen (secondary N) is 2. The van der Waals surface area contributed by atoms with Gasteiger partial charge in [0.25, 0.3) is 5.95 Å². The van der Waals surface area contributed by atoms with Gasteiger partial charge in [0.1, 0.15) is 0 Å². The van der Waals surface area contributed by atoms with E-state index < -0.39 is 0 Å². The Labute approximate surface area is 113 Å². The second kappa shape index (κ2) is 5.32. The molecule has 3 aromatic rings. The van der Waals surface area contributed by atoms with Crippen molar-refractivity contribution in [1.29, 1.82) is 0 Å². The zero-order chi connectivity index (χ0) is 13.8. The van der Waals surface area contributed by atoms with Gasteiger partial charge in [0.15, 0.2) is 5.76 Å². The summed E-state index contributed by atoms with van der Waals surface area (Å²) < 4.78 is 6.47. The fourth-order valence-corrected chi connectivity index (χ4v) is 1.50. The number of rotatable bonds is 5. The van der Waals surface area contributed by atoms with Crippen LogP contribution in [0.3, 0.4) is 0 Å². The number of nitrogens with zero attached hydrogens (tertiary/aromatic N) is 6. The summed E-state index contributed by atoms with van der Waals surface area (Å²) in [5.41, 5.74) is 2.38. The maximum absolute atomic E-state index is 5.34. The lowest BCUT2D eigenvalue weighted by atomic mass is 10.4. The van der Waals surface area contributed by atoms with E-state index in [-0.39, 0.29) is 5.95 Å². The van der Waals surface area contributed by atoms with E-state index in [9.17, 15) is 0 Å². The summed E-state index contributed by atoms with van der Waals surface area (Å²) in [5.74, 6) is 6.92. The molecule has 0 radical (unpaired) electrons. The van der Waals surface area contributed by atoms with Crippen molar-refractivity contribution >= 4 is 11.9 Å². The van der Waals surface area contributed by atoms with E-state index in [1.165, 1.54) is 4.68 Å². The Morgan fingerprint density at radius 2 is 2.10 bits per heavy atom. The minimum atomic E-state index is 0.227. The van der Waals surface area contributed by atoms with Crippen LogP contribution in [-0.4, -0.2) is 29.9 Å². The normalized spacial score (nSPS) is 10.4. The van der Waals surface area contributed by atoms with Crippen molar-refractivity contribution in [3.63, 3.8) is 0 Å². The van der Waals surface area contributed by atoms with E-state index in [0.29, 0.717) is 24.2 Å². The third-order valence-electron chi connectivity index (χ3n) is 2.37. The Bertz CT molecular complexity index is 664. The van der Waals surface area contributed by atoms with Crippen LogP contribution in [0, 0.1) is 0 Å². The summed E-state index contributed by atoms with van der Waals surface area (Å²) >= 11 is 0. The molecule has 0 bridgehead atoms. The standard InChI is InChI=1S/C10H11N9O/c11-18-9-15-8(12-6-7-2-4-14-20-7)16-10(17-9)19-5-1-3-13-19/h1-5H,6,11H2,(H2,12,15,16,17,18). The molecule has 0 aliphatic carbocycles. The Kier molecular flexibility index (Phi) is 3.20. The second-order valence-electron chi connectivity index (χ2n) is 3.71. The van der Waals surface area contributed by atoms with Crippen LogP contribution in [0.4, 0.5) is 11.9 Å².